The molecule has 6 nitrogen and oxygen atoms in total. The summed E-state index contributed by atoms with van der Waals surface area (Å²) in [6.07, 6.45) is -11.0. The first-order chi connectivity index (χ1) is 18.7. The maximum absolute atomic E-state index is 14.0. The highest BCUT2D eigenvalue weighted by Gasteiger charge is 2.48. The van der Waals surface area contributed by atoms with E-state index in [0.29, 0.717) is 23.4 Å². The summed E-state index contributed by atoms with van der Waals surface area (Å²) in [6.45, 7) is 7.77. The number of aryl methyl sites for hydroxylation is 1. The number of carbonyl (C=O) groups is 2. The summed E-state index contributed by atoms with van der Waals surface area (Å²) in [7, 11) is 1.30. The lowest BCUT2D eigenvalue weighted by molar-refractivity contribution is -0.143. The van der Waals surface area contributed by atoms with Crippen LogP contribution in [0.15, 0.2) is 36.4 Å². The van der Waals surface area contributed by atoms with Crippen LogP contribution < -0.4 is 10.2 Å². The molecule has 0 aliphatic carbocycles. The highest BCUT2D eigenvalue weighted by molar-refractivity contribution is 5.88. The number of hydrogen-bond acceptors (Lipinski definition) is 4. The molecule has 2 aromatic carbocycles. The molecular weight excluding hydrogens is 559 g/mol. The van der Waals surface area contributed by atoms with E-state index < -0.39 is 64.9 Å². The molecule has 0 saturated carbocycles. The SMILES string of the molecule is CNC(=O)C1C([C@H](C)c2cc(C(F)(F)F)cc(C(F)(F)F)c2)N(c2ccc(F)cc2C)CCN1C(=O)OC(C)(C)C. The van der Waals surface area contributed by atoms with E-state index in [-0.39, 0.29) is 24.7 Å². The standard InChI is InChI=1S/C28H32F7N3O3/c1-15-11-20(29)7-8-21(15)37-9-10-38(25(40)41-26(3,4)5)23(24(39)36-6)22(37)16(2)17-12-18(27(30,31)32)14-19(13-17)28(33,34)35/h7-8,11-14,16,22-23H,9-10H2,1-6H3,(H,36,39)/t16-,22?,23?/m1/s1. The normalized spacial score (nSPS) is 19.1. The summed E-state index contributed by atoms with van der Waals surface area (Å²) >= 11 is 0. The molecule has 0 spiro atoms. The Bertz CT molecular complexity index is 1260. The van der Waals surface area contributed by atoms with Gasteiger partial charge < -0.3 is 15.0 Å². The fourth-order valence-electron chi connectivity index (χ4n) is 5.03. The Kier molecular flexibility index (Phi) is 8.90. The average molecular weight is 592 g/mol. The van der Waals surface area contributed by atoms with E-state index in [0.717, 1.165) is 11.0 Å². The zero-order valence-electron chi connectivity index (χ0n) is 23.4. The summed E-state index contributed by atoms with van der Waals surface area (Å²) in [5.41, 5.74) is -3.49. The van der Waals surface area contributed by atoms with Crippen LogP contribution in [0.25, 0.3) is 0 Å². The highest BCUT2D eigenvalue weighted by Crippen LogP contribution is 2.41. The van der Waals surface area contributed by atoms with Crippen molar-refractivity contribution in [2.45, 2.75) is 70.6 Å². The van der Waals surface area contributed by atoms with Crippen LogP contribution in [0.2, 0.25) is 0 Å². The fourth-order valence-corrected chi connectivity index (χ4v) is 5.03. The van der Waals surface area contributed by atoms with Crippen molar-refractivity contribution < 1.29 is 45.1 Å². The van der Waals surface area contributed by atoms with E-state index in [2.05, 4.69) is 5.32 Å². The van der Waals surface area contributed by atoms with Crippen LogP contribution in [0, 0.1) is 12.7 Å². The number of hydrogen-bond donors (Lipinski definition) is 1. The molecule has 1 fully saturated rings. The Morgan fingerprint density at radius 2 is 1.51 bits per heavy atom. The van der Waals surface area contributed by atoms with E-state index in [1.807, 2.05) is 0 Å². The van der Waals surface area contributed by atoms with Gasteiger partial charge in [-0.05, 0) is 75.2 Å². The Hall–Kier alpha value is -3.51. The van der Waals surface area contributed by atoms with Gasteiger partial charge in [-0.2, -0.15) is 26.3 Å². The summed E-state index contributed by atoms with van der Waals surface area (Å²) < 4.78 is 102. The van der Waals surface area contributed by atoms with Crippen LogP contribution in [-0.2, 0) is 21.9 Å². The van der Waals surface area contributed by atoms with Crippen LogP contribution in [-0.4, -0.2) is 54.7 Å². The van der Waals surface area contributed by atoms with Crippen LogP contribution in [0.5, 0.6) is 0 Å². The first kappa shape index (κ1) is 32.0. The second kappa shape index (κ2) is 11.4. The van der Waals surface area contributed by atoms with Gasteiger partial charge in [0, 0.05) is 31.7 Å². The number of piperazine rings is 1. The smallest absolute Gasteiger partial charge is 0.416 e. The van der Waals surface area contributed by atoms with E-state index in [9.17, 15) is 40.3 Å². The largest absolute Gasteiger partial charge is 0.444 e. The van der Waals surface area contributed by atoms with Gasteiger partial charge in [0.05, 0.1) is 17.2 Å². The van der Waals surface area contributed by atoms with Crippen molar-refractivity contribution in [3.8, 4) is 0 Å². The zero-order chi connectivity index (χ0) is 31.1. The third-order valence-electron chi connectivity index (χ3n) is 6.86. The van der Waals surface area contributed by atoms with Gasteiger partial charge in [0.15, 0.2) is 0 Å². The molecule has 1 aliphatic rings. The Morgan fingerprint density at radius 1 is 0.951 bits per heavy atom. The second-order valence-electron chi connectivity index (χ2n) is 11.0. The van der Waals surface area contributed by atoms with E-state index in [4.69, 9.17) is 4.74 Å². The topological polar surface area (TPSA) is 61.9 Å². The van der Waals surface area contributed by atoms with Crippen molar-refractivity contribution in [3.05, 3.63) is 64.5 Å². The number of nitrogens with zero attached hydrogens (tertiary/aromatic N) is 2. The third kappa shape index (κ3) is 7.23. The minimum Gasteiger partial charge on any atom is -0.444 e. The van der Waals surface area contributed by atoms with E-state index in [1.54, 1.807) is 32.6 Å². The van der Waals surface area contributed by atoms with Crippen LogP contribution in [0.3, 0.4) is 0 Å². The number of carbonyl (C=O) groups excluding carboxylic acids is 2. The lowest BCUT2D eigenvalue weighted by atomic mass is 9.82. The Morgan fingerprint density at radius 3 is 1.98 bits per heavy atom. The predicted octanol–water partition coefficient (Wildman–Crippen LogP) is 6.52. The summed E-state index contributed by atoms with van der Waals surface area (Å²) in [4.78, 5) is 29.3. The lowest BCUT2D eigenvalue weighted by Gasteiger charge is -2.50. The van der Waals surface area contributed by atoms with E-state index >= 15 is 0 Å². The van der Waals surface area contributed by atoms with Crippen molar-refractivity contribution in [2.24, 2.45) is 0 Å². The van der Waals surface area contributed by atoms with Crippen molar-refractivity contribution in [1.29, 1.82) is 0 Å². The lowest BCUT2D eigenvalue weighted by Crippen LogP contribution is -2.67. The molecular formula is C28H32F7N3O3. The molecule has 41 heavy (non-hydrogen) atoms. The number of amides is 2. The number of halogens is 7. The van der Waals surface area contributed by atoms with Crippen LogP contribution >= 0.6 is 0 Å². The van der Waals surface area contributed by atoms with Crippen LogP contribution in [0.1, 0.15) is 55.9 Å². The number of alkyl halides is 6. The van der Waals surface area contributed by atoms with Crippen molar-refractivity contribution in [1.82, 2.24) is 10.2 Å². The van der Waals surface area contributed by atoms with Gasteiger partial charge >= 0.3 is 18.4 Å². The van der Waals surface area contributed by atoms with Gasteiger partial charge in [0.2, 0.25) is 5.91 Å². The van der Waals surface area contributed by atoms with Gasteiger partial charge in [-0.3, -0.25) is 9.69 Å². The molecule has 1 aliphatic heterocycles. The minimum atomic E-state index is -5.09. The first-order valence-corrected chi connectivity index (χ1v) is 12.8. The van der Waals surface area contributed by atoms with Gasteiger partial charge in [-0.1, -0.05) is 6.92 Å². The maximum Gasteiger partial charge on any atom is 0.416 e. The molecule has 2 aromatic rings. The first-order valence-electron chi connectivity index (χ1n) is 12.8. The van der Waals surface area contributed by atoms with Crippen LogP contribution in [0.4, 0.5) is 41.2 Å². The Balaban J connectivity index is 2.27. The van der Waals surface area contributed by atoms with Crippen molar-refractivity contribution in [3.63, 3.8) is 0 Å². The predicted molar refractivity (Wildman–Crippen MR) is 138 cm³/mol. The maximum atomic E-state index is 14.0. The molecule has 1 N–H and O–H groups in total. The molecule has 3 rings (SSSR count). The van der Waals surface area contributed by atoms with Crippen molar-refractivity contribution in [2.75, 3.05) is 25.0 Å². The highest BCUT2D eigenvalue weighted by atomic mass is 19.4. The molecule has 2 amide bonds. The summed E-state index contributed by atoms with van der Waals surface area (Å²) in [5.74, 6) is -2.44. The summed E-state index contributed by atoms with van der Waals surface area (Å²) in [6, 6.07) is 2.48. The van der Waals surface area contributed by atoms with Gasteiger partial charge in [-0.25, -0.2) is 9.18 Å². The second-order valence-corrected chi connectivity index (χ2v) is 11.0. The minimum absolute atomic E-state index is 0.0271. The number of benzene rings is 2. The molecule has 0 aromatic heterocycles. The van der Waals surface area contributed by atoms with Gasteiger partial charge in [0.1, 0.15) is 17.5 Å². The quantitative estimate of drug-likeness (QED) is 0.412. The average Bonchev–Trinajstić information content (AvgIpc) is 2.84. The monoisotopic (exact) mass is 591 g/mol. The van der Waals surface area contributed by atoms with Gasteiger partial charge in [-0.15, -0.1) is 0 Å². The molecule has 1 heterocycles. The van der Waals surface area contributed by atoms with Crippen molar-refractivity contribution >= 4 is 17.7 Å². The molecule has 0 radical (unpaired) electrons. The van der Waals surface area contributed by atoms with E-state index in [1.165, 1.54) is 26.1 Å². The fraction of sp³-hybridized carbons (Fsp3) is 0.500. The zero-order valence-corrected chi connectivity index (χ0v) is 23.4. The Labute approximate surface area is 233 Å². The number of likely N-dealkylation sites (N-methyl/N-ethyl adjacent to an activating group) is 1. The molecule has 0 bridgehead atoms. The van der Waals surface area contributed by atoms with Gasteiger partial charge in [0.25, 0.3) is 0 Å². The number of ether oxygens (including phenoxy) is 1. The third-order valence-corrected chi connectivity index (χ3v) is 6.86. The molecule has 1 saturated heterocycles. The molecule has 2 unspecified atom stereocenters. The summed E-state index contributed by atoms with van der Waals surface area (Å²) in [5, 5.41) is 2.45. The molecule has 13 heteroatoms. The molecule has 3 atom stereocenters. The number of rotatable bonds is 4. The number of anilines is 1. The molecule has 226 valence electrons. The number of nitrogens with one attached hydrogen (secondary N) is 1.